The Balaban J connectivity index is -0.0000000807. The molecular weight excluding hydrogens is 852 g/mol. The zero-order chi connectivity index (χ0) is 39.8. The largest absolute Gasteiger partial charge is 1.00 e. The molecule has 0 bridgehead atoms. The Morgan fingerprint density at radius 2 is 0.462 bits per heavy atom. The smallest absolute Gasteiger partial charge is 0.549 e. The number of carboxylic acid groups (broad SMARTS) is 4. The van der Waals surface area contributed by atoms with E-state index in [9.17, 15) is 92.5 Å². The summed E-state index contributed by atoms with van der Waals surface area (Å²) in [6, 6.07) is 0. The van der Waals surface area contributed by atoms with Gasteiger partial charge in [-0.15, -0.1) is 0 Å². The fraction of sp³-hybridized carbons (Fsp3) is 0.500. The fourth-order valence-corrected chi connectivity index (χ4v) is 4.44. The van der Waals surface area contributed by atoms with Gasteiger partial charge < -0.3 is 62.5 Å². The summed E-state index contributed by atoms with van der Waals surface area (Å²) in [6.07, 6.45) is -4.00. The summed E-state index contributed by atoms with van der Waals surface area (Å²) in [6.45, 7) is 0. The van der Waals surface area contributed by atoms with Gasteiger partial charge in [-0.2, -0.15) is 33.7 Å². The molecule has 4 amide bonds. The summed E-state index contributed by atoms with van der Waals surface area (Å²) in [5.41, 5.74) is 18.1. The molecule has 0 saturated carbocycles. The number of carbonyl (C=O) groups excluding carboxylic acids is 8. The topological polar surface area (TPSA) is 550 Å². The Morgan fingerprint density at radius 3 is 0.481 bits per heavy atom. The van der Waals surface area contributed by atoms with Gasteiger partial charge in [-0.1, -0.05) is 0 Å². The minimum atomic E-state index is -4.82. The SMILES string of the molecule is NC(=O)CC(C(=O)[O-])S(=O)(=O)O.NC(=O)CC(C(=O)[O-])S(=O)(=O)O.NC(=O)CC(C(=O)[O-])S(=O)(=O)O.NC(=O)CC(C(=O)[O-])S(=O)(=O)O.[Na+].[Na+].[Na+].[Na+]. The summed E-state index contributed by atoms with van der Waals surface area (Å²) in [5, 5.41) is 31.0. The van der Waals surface area contributed by atoms with Crippen molar-refractivity contribution in [3.63, 3.8) is 0 Å². The van der Waals surface area contributed by atoms with Crippen LogP contribution in [0.25, 0.3) is 0 Å². The van der Waals surface area contributed by atoms with Crippen molar-refractivity contribution in [2.24, 2.45) is 22.9 Å². The van der Waals surface area contributed by atoms with Gasteiger partial charge in [0.1, 0.15) is 21.0 Å². The van der Waals surface area contributed by atoms with Crippen LogP contribution in [0, 0.1) is 0 Å². The second kappa shape index (κ2) is 30.6. The second-order valence-corrected chi connectivity index (χ2v) is 14.4. The van der Waals surface area contributed by atoms with Crippen molar-refractivity contribution in [3.05, 3.63) is 0 Å². The van der Waals surface area contributed by atoms with E-state index in [4.69, 9.17) is 18.2 Å². The standard InChI is InChI=1S/4C4H7NO6S.4Na/c4*5-3(6)1-2(4(7)8)12(9,10)11;;;;/h4*2H,1H2,(H2,5,6)(H,7,8)(H,9,10,11);;;;/q;;;;4*+1/p-4. The molecule has 280 valence electrons. The molecule has 0 spiro atoms. The third-order valence-corrected chi connectivity index (χ3v) is 8.35. The predicted octanol–water partition coefficient (Wildman–Crippen LogP) is -24.5. The molecule has 0 heterocycles. The van der Waals surface area contributed by atoms with E-state index in [1.165, 1.54) is 0 Å². The van der Waals surface area contributed by atoms with Crippen LogP contribution in [0.3, 0.4) is 0 Å². The van der Waals surface area contributed by atoms with Gasteiger partial charge in [0.2, 0.25) is 23.6 Å². The number of amides is 4. The van der Waals surface area contributed by atoms with Gasteiger partial charge >= 0.3 is 118 Å². The molecule has 0 radical (unpaired) electrons. The first kappa shape index (κ1) is 69.3. The molecule has 4 atom stereocenters. The number of aliphatic carboxylic acids is 4. The van der Waals surface area contributed by atoms with Crippen LogP contribution >= 0.6 is 0 Å². The van der Waals surface area contributed by atoms with Crippen LogP contribution in [0.5, 0.6) is 0 Å². The van der Waals surface area contributed by atoms with Crippen molar-refractivity contribution in [1.29, 1.82) is 0 Å². The summed E-state index contributed by atoms with van der Waals surface area (Å²) >= 11 is 0. The first-order chi connectivity index (χ1) is 21.0. The first-order valence-corrected chi connectivity index (χ1v) is 16.8. The maximum Gasteiger partial charge on any atom is 1.00 e. The molecule has 0 aromatic rings. The van der Waals surface area contributed by atoms with Crippen LogP contribution in [-0.4, -0.2) is 120 Å². The van der Waals surface area contributed by atoms with E-state index >= 15 is 0 Å². The van der Waals surface area contributed by atoms with Crippen molar-refractivity contribution in [2.45, 2.75) is 46.7 Å². The van der Waals surface area contributed by atoms with Crippen LogP contribution in [-0.2, 0) is 78.8 Å². The molecular formula is C16H24N4Na4O24S4. The molecule has 12 N–H and O–H groups in total. The van der Waals surface area contributed by atoms with Gasteiger partial charge in [-0.05, 0) is 0 Å². The monoisotopic (exact) mass is 876 g/mol. The zero-order valence-electron chi connectivity index (χ0n) is 27.0. The molecule has 0 saturated heterocycles. The number of rotatable bonds is 16. The number of nitrogens with two attached hydrogens (primary N) is 4. The minimum absolute atomic E-state index is 0. The Hall–Kier alpha value is -0.600. The van der Waals surface area contributed by atoms with E-state index in [1.54, 1.807) is 0 Å². The molecule has 28 nitrogen and oxygen atoms in total. The van der Waals surface area contributed by atoms with Crippen LogP contribution in [0.15, 0.2) is 0 Å². The number of carbonyl (C=O) groups is 8. The van der Waals surface area contributed by atoms with Crippen LogP contribution < -0.4 is 162 Å². The van der Waals surface area contributed by atoms with E-state index in [2.05, 4.69) is 22.9 Å². The van der Waals surface area contributed by atoms with Gasteiger partial charge in [-0.25, -0.2) is 0 Å². The molecule has 52 heavy (non-hydrogen) atoms. The molecule has 0 rings (SSSR count). The van der Waals surface area contributed by atoms with E-state index in [-0.39, 0.29) is 118 Å². The number of hydrogen-bond donors (Lipinski definition) is 8. The summed E-state index contributed by atoms with van der Waals surface area (Å²) < 4.78 is 115. The Morgan fingerprint density at radius 1 is 0.365 bits per heavy atom. The minimum Gasteiger partial charge on any atom is -0.549 e. The van der Waals surface area contributed by atoms with E-state index in [1.807, 2.05) is 0 Å². The maximum absolute atomic E-state index is 10.2. The second-order valence-electron chi connectivity index (χ2n) is 7.97. The van der Waals surface area contributed by atoms with Crippen molar-refractivity contribution in [3.8, 4) is 0 Å². The van der Waals surface area contributed by atoms with Crippen molar-refractivity contribution in [2.75, 3.05) is 0 Å². The van der Waals surface area contributed by atoms with Gasteiger partial charge in [0.25, 0.3) is 40.5 Å². The molecule has 36 heteroatoms. The molecule has 0 aliphatic heterocycles. The maximum atomic E-state index is 10.2. The Kier molecular flexibility index (Phi) is 40.8. The Labute approximate surface area is 381 Å². The van der Waals surface area contributed by atoms with Gasteiger partial charge in [0, 0.05) is 0 Å². The number of primary amides is 4. The van der Waals surface area contributed by atoms with Crippen molar-refractivity contribution in [1.82, 2.24) is 0 Å². The third kappa shape index (κ3) is 37.7. The van der Waals surface area contributed by atoms with Crippen LogP contribution in [0.2, 0.25) is 0 Å². The quantitative estimate of drug-likeness (QED) is 0.0527. The number of carboxylic acids is 4. The summed E-state index contributed by atoms with van der Waals surface area (Å²) in [4.78, 5) is 80.6. The van der Waals surface area contributed by atoms with Crippen molar-refractivity contribution < 1.29 is 229 Å². The molecule has 0 aromatic carbocycles. The number of hydrogen-bond acceptors (Lipinski definition) is 20. The van der Waals surface area contributed by atoms with Crippen molar-refractivity contribution >= 4 is 88.0 Å². The van der Waals surface area contributed by atoms with E-state index in [0.29, 0.717) is 0 Å². The predicted molar refractivity (Wildman–Crippen MR) is 137 cm³/mol. The normalized spacial score (nSPS) is 12.7. The summed E-state index contributed by atoms with van der Waals surface area (Å²) in [5.74, 6) is -12.8. The first-order valence-electron chi connectivity index (χ1n) is 10.8. The molecule has 0 aromatic heterocycles. The molecule has 0 aliphatic carbocycles. The zero-order valence-corrected chi connectivity index (χ0v) is 38.3. The Bertz CT molecular complexity index is 1440. The fourth-order valence-electron chi connectivity index (χ4n) is 1.97. The van der Waals surface area contributed by atoms with E-state index in [0.717, 1.165) is 0 Å². The summed E-state index contributed by atoms with van der Waals surface area (Å²) in [7, 11) is -19.3. The van der Waals surface area contributed by atoms with Gasteiger partial charge in [0.05, 0.1) is 49.6 Å². The van der Waals surface area contributed by atoms with Crippen LogP contribution in [0.4, 0.5) is 0 Å². The average molecular weight is 877 g/mol. The molecule has 0 aliphatic rings. The van der Waals surface area contributed by atoms with Gasteiger partial charge in [-0.3, -0.25) is 37.4 Å². The van der Waals surface area contributed by atoms with Gasteiger partial charge in [0.15, 0.2) is 0 Å². The molecule has 4 unspecified atom stereocenters. The van der Waals surface area contributed by atoms with E-state index < -0.39 is 135 Å². The third-order valence-electron chi connectivity index (χ3n) is 4.04. The van der Waals surface area contributed by atoms with Crippen LogP contribution in [0.1, 0.15) is 25.7 Å². The average Bonchev–Trinajstić information content (AvgIpc) is 2.80. The molecule has 0 fully saturated rings.